The number of fused-ring (bicyclic) bond motifs is 1. The van der Waals surface area contributed by atoms with Gasteiger partial charge < -0.3 is 15.7 Å². The van der Waals surface area contributed by atoms with Crippen LogP contribution in [0.25, 0.3) is 10.9 Å². The third kappa shape index (κ3) is 5.15. The summed E-state index contributed by atoms with van der Waals surface area (Å²) in [6, 6.07) is 14.0. The summed E-state index contributed by atoms with van der Waals surface area (Å²) in [6.07, 6.45) is 0.710. The quantitative estimate of drug-likeness (QED) is 0.181. The van der Waals surface area contributed by atoms with Gasteiger partial charge in [-0.15, -0.1) is 0 Å². The molecule has 0 bridgehead atoms. The van der Waals surface area contributed by atoms with E-state index in [1.165, 1.54) is 24.3 Å². The highest BCUT2D eigenvalue weighted by atomic mass is 35.5. The molecule has 0 spiro atoms. The Kier molecular flexibility index (Phi) is 6.25. The summed E-state index contributed by atoms with van der Waals surface area (Å²) in [6.45, 7) is 0. The van der Waals surface area contributed by atoms with Crippen molar-refractivity contribution < 1.29 is 19.1 Å². The number of para-hydroxylation sites is 1. The number of aldehydes is 1. The highest BCUT2D eigenvalue weighted by molar-refractivity contribution is 6.32. The van der Waals surface area contributed by atoms with Crippen LogP contribution in [0.2, 0.25) is 5.15 Å². The molecule has 0 saturated carbocycles. The second-order valence-corrected chi connectivity index (χ2v) is 5.03. The highest BCUT2D eigenvalue weighted by Crippen LogP contribution is 2.18. The molecule has 3 N–H and O–H groups in total. The predicted molar refractivity (Wildman–Crippen MR) is 92.6 cm³/mol. The Hall–Kier alpha value is -3.19. The number of oxime groups is 1. The van der Waals surface area contributed by atoms with Crippen LogP contribution in [0, 0.1) is 5.82 Å². The van der Waals surface area contributed by atoms with Crippen molar-refractivity contribution in [1.29, 1.82) is 0 Å². The van der Waals surface area contributed by atoms with E-state index < -0.39 is 0 Å². The summed E-state index contributed by atoms with van der Waals surface area (Å²) >= 11 is 5.76. The topological polar surface area (TPSA) is 97.8 Å². The van der Waals surface area contributed by atoms with Gasteiger partial charge in [-0.25, -0.2) is 9.37 Å². The number of hydrogen-bond acceptors (Lipinski definition) is 5. The number of aromatic nitrogens is 1. The van der Waals surface area contributed by atoms with Gasteiger partial charge in [0.05, 0.1) is 11.1 Å². The Morgan fingerprint density at radius 2 is 1.92 bits per heavy atom. The number of pyridine rings is 1. The molecule has 0 amide bonds. The van der Waals surface area contributed by atoms with Crippen LogP contribution in [-0.4, -0.2) is 22.5 Å². The van der Waals surface area contributed by atoms with E-state index in [-0.39, 0.29) is 17.0 Å². The second kappa shape index (κ2) is 8.60. The molecule has 0 atom stereocenters. The van der Waals surface area contributed by atoms with E-state index in [1.807, 2.05) is 24.3 Å². The van der Waals surface area contributed by atoms with Gasteiger partial charge in [0.15, 0.2) is 6.29 Å². The van der Waals surface area contributed by atoms with Crippen LogP contribution >= 0.6 is 11.6 Å². The Morgan fingerprint density at radius 1 is 1.24 bits per heavy atom. The van der Waals surface area contributed by atoms with Gasteiger partial charge in [0.1, 0.15) is 16.7 Å². The molecule has 25 heavy (non-hydrogen) atoms. The minimum absolute atomic E-state index is 0.258. The van der Waals surface area contributed by atoms with E-state index in [4.69, 9.17) is 27.3 Å². The Bertz CT molecular complexity index is 901. The molecule has 1 heterocycles. The number of halogens is 2. The maximum absolute atomic E-state index is 12.3. The molecular formula is C17H13ClFN3O3. The molecule has 128 valence electrons. The van der Waals surface area contributed by atoms with Crippen molar-refractivity contribution in [2.75, 3.05) is 0 Å². The van der Waals surface area contributed by atoms with Gasteiger partial charge in [-0.2, -0.15) is 0 Å². The van der Waals surface area contributed by atoms with Crippen LogP contribution < -0.4 is 10.5 Å². The third-order valence-corrected chi connectivity index (χ3v) is 3.27. The molecule has 2 aromatic carbocycles. The molecule has 0 unspecified atom stereocenters. The number of carbonyl (C=O) groups excluding carboxylic acids is 1. The van der Waals surface area contributed by atoms with Gasteiger partial charge in [-0.3, -0.25) is 4.79 Å². The van der Waals surface area contributed by atoms with E-state index >= 15 is 0 Å². The lowest BCUT2D eigenvalue weighted by atomic mass is 10.2. The number of rotatable bonds is 2. The molecule has 0 fully saturated rings. The second-order valence-electron chi connectivity index (χ2n) is 4.67. The number of hydrogen-bond donors (Lipinski definition) is 2. The molecule has 0 aliphatic rings. The van der Waals surface area contributed by atoms with E-state index in [9.17, 15) is 9.18 Å². The number of nitrogens with zero attached hydrogens (tertiary/aromatic N) is 2. The first kappa shape index (κ1) is 18.2. The lowest BCUT2D eigenvalue weighted by Crippen LogP contribution is -2.19. The van der Waals surface area contributed by atoms with Crippen LogP contribution in [0.4, 0.5) is 4.39 Å². The largest absolute Gasteiger partial charge is 0.424 e. The number of benzene rings is 2. The predicted octanol–water partition coefficient (Wildman–Crippen LogP) is 3.61. The number of ether oxygens (including phenoxy) is 1. The average molecular weight is 362 g/mol. The molecule has 3 rings (SSSR count). The van der Waals surface area contributed by atoms with Gasteiger partial charge >= 0.3 is 6.02 Å². The summed E-state index contributed by atoms with van der Waals surface area (Å²) in [7, 11) is 0. The maximum Gasteiger partial charge on any atom is 0.326 e. The van der Waals surface area contributed by atoms with Crippen molar-refractivity contribution in [2.45, 2.75) is 0 Å². The molecule has 6 nitrogen and oxygen atoms in total. The van der Waals surface area contributed by atoms with Crippen molar-refractivity contribution in [3.05, 3.63) is 71.1 Å². The van der Waals surface area contributed by atoms with Gasteiger partial charge in [0.2, 0.25) is 0 Å². The fourth-order valence-electron chi connectivity index (χ4n) is 1.84. The van der Waals surface area contributed by atoms with Crippen molar-refractivity contribution in [3.8, 4) is 5.75 Å². The molecule has 3 aromatic rings. The first-order chi connectivity index (χ1) is 12.0. The van der Waals surface area contributed by atoms with E-state index in [0.29, 0.717) is 17.6 Å². The van der Waals surface area contributed by atoms with Gasteiger partial charge in [0.25, 0.3) is 0 Å². The summed E-state index contributed by atoms with van der Waals surface area (Å²) in [5.74, 6) is -0.0615. The zero-order valence-corrected chi connectivity index (χ0v) is 13.5. The summed E-state index contributed by atoms with van der Waals surface area (Å²) < 4.78 is 17.1. The maximum atomic E-state index is 12.3. The van der Waals surface area contributed by atoms with Crippen molar-refractivity contribution in [3.63, 3.8) is 0 Å². The van der Waals surface area contributed by atoms with Crippen LogP contribution in [0.1, 0.15) is 10.4 Å². The Labute approximate surface area is 147 Å². The fraction of sp³-hybridized carbons (Fsp3) is 0. The van der Waals surface area contributed by atoms with E-state index in [0.717, 1.165) is 10.9 Å². The molecular weight excluding hydrogens is 349 g/mol. The van der Waals surface area contributed by atoms with Gasteiger partial charge in [-0.05, 0) is 41.6 Å². The number of amidine groups is 1. The summed E-state index contributed by atoms with van der Waals surface area (Å²) in [4.78, 5) is 14.6. The van der Waals surface area contributed by atoms with Gasteiger partial charge in [0, 0.05) is 5.39 Å². The van der Waals surface area contributed by atoms with E-state index in [1.54, 1.807) is 6.07 Å². The van der Waals surface area contributed by atoms with Gasteiger partial charge in [-0.1, -0.05) is 29.8 Å². The third-order valence-electron chi connectivity index (χ3n) is 2.97. The average Bonchev–Trinajstić information content (AvgIpc) is 2.63. The number of carbonyl (C=O) groups is 1. The fourth-order valence-corrected chi connectivity index (χ4v) is 2.03. The lowest BCUT2D eigenvalue weighted by molar-refractivity contribution is 0.112. The van der Waals surface area contributed by atoms with Crippen LogP contribution in [0.5, 0.6) is 5.75 Å². The SMILES string of the molecule is NC(=NO)Oc1ccc(F)cc1.O=Cc1cc2ccccc2nc1Cl. The summed E-state index contributed by atoms with van der Waals surface area (Å²) in [5, 5.41) is 11.9. The number of nitrogens with two attached hydrogens (primary N) is 1. The molecule has 0 saturated heterocycles. The van der Waals surface area contributed by atoms with Crippen molar-refractivity contribution in [1.82, 2.24) is 4.98 Å². The lowest BCUT2D eigenvalue weighted by Gasteiger charge is -2.00. The molecule has 0 aliphatic carbocycles. The smallest absolute Gasteiger partial charge is 0.326 e. The standard InChI is InChI=1S/C10H6ClNO.C7H7FN2O2/c11-10-8(6-13)5-7-3-1-2-4-9(7)12-10;8-5-1-3-6(4-2-5)12-7(9)10-11/h1-6H;1-4,11H,(H2,9,10). The zero-order valence-electron chi connectivity index (χ0n) is 12.8. The Balaban J connectivity index is 0.000000181. The van der Waals surface area contributed by atoms with Crippen LogP contribution in [0.15, 0.2) is 59.8 Å². The summed E-state index contributed by atoms with van der Waals surface area (Å²) in [5.41, 5.74) is 6.26. The molecule has 0 aliphatic heterocycles. The monoisotopic (exact) mass is 361 g/mol. The first-order valence-corrected chi connectivity index (χ1v) is 7.32. The van der Waals surface area contributed by atoms with Crippen molar-refractivity contribution in [2.24, 2.45) is 10.9 Å². The normalized spacial score (nSPS) is 10.7. The zero-order chi connectivity index (χ0) is 18.2. The van der Waals surface area contributed by atoms with Crippen LogP contribution in [0.3, 0.4) is 0 Å². The van der Waals surface area contributed by atoms with Crippen LogP contribution in [-0.2, 0) is 0 Å². The highest BCUT2D eigenvalue weighted by Gasteiger charge is 2.02. The van der Waals surface area contributed by atoms with E-state index in [2.05, 4.69) is 10.1 Å². The first-order valence-electron chi connectivity index (χ1n) is 6.95. The Morgan fingerprint density at radius 3 is 2.56 bits per heavy atom. The van der Waals surface area contributed by atoms with Crippen molar-refractivity contribution >= 4 is 34.8 Å². The minimum Gasteiger partial charge on any atom is -0.424 e. The molecule has 1 aromatic heterocycles. The molecule has 8 heteroatoms. The molecule has 0 radical (unpaired) electrons. The minimum atomic E-state index is -0.387.